The van der Waals surface area contributed by atoms with Crippen LogP contribution in [0, 0.1) is 0 Å². The SMILES string of the molecule is C=CC[C@H](COCc1ccccc1)O[C@H](Cc1ccccc1)C1CO1. The summed E-state index contributed by atoms with van der Waals surface area (Å²) in [6.45, 7) is 5.79. The topological polar surface area (TPSA) is 31.0 Å². The molecular weight excluding hydrogens is 312 g/mol. The van der Waals surface area contributed by atoms with Gasteiger partial charge in [0, 0.05) is 6.42 Å². The summed E-state index contributed by atoms with van der Waals surface area (Å²) in [5.41, 5.74) is 2.44. The second kappa shape index (κ2) is 9.52. The van der Waals surface area contributed by atoms with Crippen molar-refractivity contribution in [2.45, 2.75) is 37.8 Å². The van der Waals surface area contributed by atoms with E-state index in [2.05, 4.69) is 43.0 Å². The molecule has 1 aliphatic rings. The van der Waals surface area contributed by atoms with Crippen molar-refractivity contribution >= 4 is 0 Å². The largest absolute Gasteiger partial charge is 0.374 e. The monoisotopic (exact) mass is 338 g/mol. The summed E-state index contributed by atoms with van der Waals surface area (Å²) in [5.74, 6) is 0. The fourth-order valence-corrected chi connectivity index (χ4v) is 2.86. The Morgan fingerprint density at radius 2 is 1.68 bits per heavy atom. The summed E-state index contributed by atoms with van der Waals surface area (Å²) in [6, 6.07) is 20.6. The molecule has 0 radical (unpaired) electrons. The summed E-state index contributed by atoms with van der Waals surface area (Å²) in [5, 5.41) is 0. The van der Waals surface area contributed by atoms with Crippen LogP contribution in [0.3, 0.4) is 0 Å². The third kappa shape index (κ3) is 6.13. The molecule has 0 amide bonds. The molecule has 25 heavy (non-hydrogen) atoms. The van der Waals surface area contributed by atoms with Crippen LogP contribution in [0.4, 0.5) is 0 Å². The number of hydrogen-bond donors (Lipinski definition) is 0. The molecule has 1 heterocycles. The first-order chi connectivity index (χ1) is 12.3. The van der Waals surface area contributed by atoms with Crippen molar-refractivity contribution in [3.05, 3.63) is 84.4 Å². The fourth-order valence-electron chi connectivity index (χ4n) is 2.86. The zero-order chi connectivity index (χ0) is 17.3. The lowest BCUT2D eigenvalue weighted by Crippen LogP contribution is -2.31. The second-order valence-corrected chi connectivity index (χ2v) is 6.38. The molecule has 1 unspecified atom stereocenters. The van der Waals surface area contributed by atoms with Gasteiger partial charge in [0.05, 0.1) is 32.0 Å². The van der Waals surface area contributed by atoms with E-state index in [-0.39, 0.29) is 18.3 Å². The highest BCUT2D eigenvalue weighted by molar-refractivity contribution is 5.16. The van der Waals surface area contributed by atoms with Gasteiger partial charge in [0.2, 0.25) is 0 Å². The second-order valence-electron chi connectivity index (χ2n) is 6.38. The Morgan fingerprint density at radius 1 is 1.04 bits per heavy atom. The maximum atomic E-state index is 6.34. The van der Waals surface area contributed by atoms with Crippen LogP contribution in [0.5, 0.6) is 0 Å². The lowest BCUT2D eigenvalue weighted by Gasteiger charge is -2.23. The smallest absolute Gasteiger partial charge is 0.107 e. The quantitative estimate of drug-likeness (QED) is 0.455. The molecule has 0 spiro atoms. The predicted molar refractivity (Wildman–Crippen MR) is 99.5 cm³/mol. The number of rotatable bonds is 11. The van der Waals surface area contributed by atoms with E-state index >= 15 is 0 Å². The fraction of sp³-hybridized carbons (Fsp3) is 0.364. The van der Waals surface area contributed by atoms with E-state index in [0.717, 1.165) is 19.4 Å². The molecule has 1 fully saturated rings. The van der Waals surface area contributed by atoms with Gasteiger partial charge in [-0.2, -0.15) is 0 Å². The van der Waals surface area contributed by atoms with Crippen LogP contribution in [-0.4, -0.2) is 31.5 Å². The Morgan fingerprint density at radius 3 is 2.28 bits per heavy atom. The third-order valence-corrected chi connectivity index (χ3v) is 4.27. The van der Waals surface area contributed by atoms with E-state index in [9.17, 15) is 0 Å². The molecule has 3 heteroatoms. The van der Waals surface area contributed by atoms with E-state index in [1.807, 2.05) is 30.3 Å². The van der Waals surface area contributed by atoms with E-state index in [4.69, 9.17) is 14.2 Å². The lowest BCUT2D eigenvalue weighted by atomic mass is 10.1. The molecular formula is C22H26O3. The molecule has 0 saturated carbocycles. The number of benzene rings is 2. The van der Waals surface area contributed by atoms with Crippen LogP contribution in [0.2, 0.25) is 0 Å². The molecule has 132 valence electrons. The molecule has 1 saturated heterocycles. The summed E-state index contributed by atoms with van der Waals surface area (Å²) in [7, 11) is 0. The van der Waals surface area contributed by atoms with Crippen molar-refractivity contribution in [2.24, 2.45) is 0 Å². The number of hydrogen-bond acceptors (Lipinski definition) is 3. The highest BCUT2D eigenvalue weighted by atomic mass is 16.6. The minimum atomic E-state index is -0.000811. The first kappa shape index (κ1) is 17.9. The maximum Gasteiger partial charge on any atom is 0.107 e. The molecule has 2 aromatic carbocycles. The van der Waals surface area contributed by atoms with Gasteiger partial charge in [0.1, 0.15) is 6.10 Å². The summed E-state index contributed by atoms with van der Waals surface area (Å²) >= 11 is 0. The van der Waals surface area contributed by atoms with Gasteiger partial charge in [-0.3, -0.25) is 0 Å². The first-order valence-electron chi connectivity index (χ1n) is 8.88. The van der Waals surface area contributed by atoms with Crippen LogP contribution in [0.1, 0.15) is 17.5 Å². The van der Waals surface area contributed by atoms with Crippen molar-refractivity contribution in [2.75, 3.05) is 13.2 Å². The standard InChI is InChI=1S/C22H26O3/c1-2-9-20(16-23-15-19-12-7-4-8-13-19)25-21(22-17-24-22)14-18-10-5-3-6-11-18/h2-8,10-13,20-22H,1,9,14-17H2/t20-,21-,22?/m1/s1. The molecule has 1 aliphatic heterocycles. The van der Waals surface area contributed by atoms with Crippen molar-refractivity contribution in [1.82, 2.24) is 0 Å². The van der Waals surface area contributed by atoms with Crippen molar-refractivity contribution < 1.29 is 14.2 Å². The minimum absolute atomic E-state index is 0.000811. The van der Waals surface area contributed by atoms with E-state index in [0.29, 0.717) is 13.2 Å². The average molecular weight is 338 g/mol. The van der Waals surface area contributed by atoms with Gasteiger partial charge in [-0.05, 0) is 17.5 Å². The van der Waals surface area contributed by atoms with Gasteiger partial charge in [-0.25, -0.2) is 0 Å². The minimum Gasteiger partial charge on any atom is -0.374 e. The van der Waals surface area contributed by atoms with Gasteiger partial charge >= 0.3 is 0 Å². The van der Waals surface area contributed by atoms with E-state index < -0.39 is 0 Å². The van der Waals surface area contributed by atoms with Crippen LogP contribution < -0.4 is 0 Å². The Bertz CT molecular complexity index is 622. The zero-order valence-electron chi connectivity index (χ0n) is 14.6. The van der Waals surface area contributed by atoms with Crippen LogP contribution in [-0.2, 0) is 27.2 Å². The van der Waals surface area contributed by atoms with Crippen LogP contribution in [0.25, 0.3) is 0 Å². The van der Waals surface area contributed by atoms with Gasteiger partial charge < -0.3 is 14.2 Å². The number of epoxide rings is 1. The molecule has 0 aromatic heterocycles. The molecule has 0 aliphatic carbocycles. The highest BCUT2D eigenvalue weighted by Crippen LogP contribution is 2.23. The van der Waals surface area contributed by atoms with Gasteiger partial charge in [-0.15, -0.1) is 6.58 Å². The Balaban J connectivity index is 1.52. The third-order valence-electron chi connectivity index (χ3n) is 4.27. The van der Waals surface area contributed by atoms with Crippen molar-refractivity contribution in [3.8, 4) is 0 Å². The molecule has 2 aromatic rings. The highest BCUT2D eigenvalue weighted by Gasteiger charge is 2.35. The maximum absolute atomic E-state index is 6.34. The first-order valence-corrected chi connectivity index (χ1v) is 8.88. The van der Waals surface area contributed by atoms with E-state index in [1.54, 1.807) is 0 Å². The molecule has 3 rings (SSSR count). The molecule has 3 nitrogen and oxygen atoms in total. The average Bonchev–Trinajstić information content (AvgIpc) is 3.48. The van der Waals surface area contributed by atoms with Gasteiger partial charge in [-0.1, -0.05) is 66.7 Å². The van der Waals surface area contributed by atoms with Crippen molar-refractivity contribution in [3.63, 3.8) is 0 Å². The molecule has 3 atom stereocenters. The van der Waals surface area contributed by atoms with E-state index in [1.165, 1.54) is 11.1 Å². The Kier molecular flexibility index (Phi) is 6.80. The molecule has 0 N–H and O–H groups in total. The summed E-state index contributed by atoms with van der Waals surface area (Å²) in [4.78, 5) is 0. The predicted octanol–water partition coefficient (Wildman–Crippen LogP) is 4.17. The number of ether oxygens (including phenoxy) is 3. The molecule has 0 bridgehead atoms. The van der Waals surface area contributed by atoms with Gasteiger partial charge in [0.15, 0.2) is 0 Å². The normalized spacial score (nSPS) is 18.5. The zero-order valence-corrected chi connectivity index (χ0v) is 14.6. The lowest BCUT2D eigenvalue weighted by molar-refractivity contribution is -0.0668. The van der Waals surface area contributed by atoms with Crippen molar-refractivity contribution in [1.29, 1.82) is 0 Å². The van der Waals surface area contributed by atoms with Gasteiger partial charge in [0.25, 0.3) is 0 Å². The summed E-state index contributed by atoms with van der Waals surface area (Å²) < 4.78 is 17.7. The van der Waals surface area contributed by atoms with Crippen LogP contribution in [0.15, 0.2) is 73.3 Å². The Hall–Kier alpha value is -1.94. The Labute approximate surface area is 150 Å². The van der Waals surface area contributed by atoms with Crippen LogP contribution >= 0.6 is 0 Å². The summed E-state index contributed by atoms with van der Waals surface area (Å²) in [6.07, 6.45) is 3.78.